The van der Waals surface area contributed by atoms with Crippen molar-refractivity contribution in [3.05, 3.63) is 50.7 Å². The van der Waals surface area contributed by atoms with Crippen LogP contribution in [0.25, 0.3) is 11.3 Å². The highest BCUT2D eigenvalue weighted by Crippen LogP contribution is 2.41. The van der Waals surface area contributed by atoms with Crippen molar-refractivity contribution >= 4 is 39.3 Å². The number of halogens is 1. The molecule has 0 amide bonds. The Labute approximate surface area is 159 Å². The lowest BCUT2D eigenvalue weighted by atomic mass is 10.1. The Morgan fingerprint density at radius 2 is 2.15 bits per heavy atom. The fourth-order valence-electron chi connectivity index (χ4n) is 2.47. The number of ether oxygens (including phenoxy) is 1. The third kappa shape index (κ3) is 2.99. The zero-order valence-corrected chi connectivity index (χ0v) is 15.6. The Bertz CT molecular complexity index is 1010. The molecule has 1 aliphatic heterocycles. The van der Waals surface area contributed by atoms with Crippen LogP contribution in [0, 0.1) is 10.1 Å². The number of benzene rings is 1. The van der Waals surface area contributed by atoms with E-state index in [-0.39, 0.29) is 17.5 Å². The first kappa shape index (κ1) is 16.8. The molecule has 0 spiro atoms. The molecule has 0 radical (unpaired) electrons. The summed E-state index contributed by atoms with van der Waals surface area (Å²) in [6.07, 6.45) is 1.02. The zero-order valence-electron chi connectivity index (χ0n) is 13.2. The molecule has 132 valence electrons. The van der Waals surface area contributed by atoms with Crippen molar-refractivity contribution in [1.29, 1.82) is 0 Å². The van der Waals surface area contributed by atoms with E-state index in [0.717, 1.165) is 10.0 Å². The van der Waals surface area contributed by atoms with E-state index < -0.39 is 11.2 Å². The number of fused-ring (bicyclic) bond motifs is 3. The van der Waals surface area contributed by atoms with Gasteiger partial charge in [0, 0.05) is 15.7 Å². The standard InChI is InChI=1S/C15H10BrN5O4S/c1-26-15-18-14-12(19-20-15)8-6-7(16)2-3-9(8)17-13(25-14)10-4-5-11(24-10)21(22)23/h2-6,13,17H,1H3/t13-/m0/s1. The number of nitro groups is 1. The molecule has 1 atom stereocenters. The first-order chi connectivity index (χ1) is 12.5. The van der Waals surface area contributed by atoms with Crippen LogP contribution in [0.4, 0.5) is 11.6 Å². The monoisotopic (exact) mass is 435 g/mol. The van der Waals surface area contributed by atoms with Gasteiger partial charge in [0.2, 0.25) is 17.3 Å². The number of nitrogens with zero attached hydrogens (tertiary/aromatic N) is 4. The molecule has 0 aliphatic carbocycles. The summed E-state index contributed by atoms with van der Waals surface area (Å²) in [5.41, 5.74) is 1.92. The number of aromatic nitrogens is 3. The zero-order chi connectivity index (χ0) is 18.3. The Kier molecular flexibility index (Phi) is 4.24. The molecule has 2 aromatic heterocycles. The summed E-state index contributed by atoms with van der Waals surface area (Å²) in [6, 6.07) is 8.33. The van der Waals surface area contributed by atoms with Crippen LogP contribution in [-0.2, 0) is 0 Å². The summed E-state index contributed by atoms with van der Waals surface area (Å²) < 4.78 is 12.1. The van der Waals surface area contributed by atoms with Gasteiger partial charge in [0.15, 0.2) is 11.5 Å². The van der Waals surface area contributed by atoms with Crippen molar-refractivity contribution < 1.29 is 14.1 Å². The summed E-state index contributed by atoms with van der Waals surface area (Å²) >= 11 is 4.77. The second-order valence-electron chi connectivity index (χ2n) is 5.22. The molecule has 0 unspecified atom stereocenters. The summed E-state index contributed by atoms with van der Waals surface area (Å²) in [5.74, 6) is 0.150. The molecule has 0 saturated heterocycles. The van der Waals surface area contributed by atoms with Crippen LogP contribution in [0.3, 0.4) is 0 Å². The lowest BCUT2D eigenvalue weighted by molar-refractivity contribution is -0.402. The lowest BCUT2D eigenvalue weighted by Gasteiger charge is -2.16. The number of nitrogens with one attached hydrogen (secondary N) is 1. The third-order valence-corrected chi connectivity index (χ3v) is 4.65. The van der Waals surface area contributed by atoms with E-state index in [1.54, 1.807) is 0 Å². The van der Waals surface area contributed by atoms with Gasteiger partial charge >= 0.3 is 5.88 Å². The van der Waals surface area contributed by atoms with Gasteiger partial charge in [-0.1, -0.05) is 27.7 Å². The molecule has 0 saturated carbocycles. The smallest absolute Gasteiger partial charge is 0.433 e. The molecular formula is C15H10BrN5O4S. The molecule has 0 fully saturated rings. The highest BCUT2D eigenvalue weighted by Gasteiger charge is 2.29. The highest BCUT2D eigenvalue weighted by atomic mass is 79.9. The average molecular weight is 436 g/mol. The molecule has 3 heterocycles. The number of hydrogen-bond acceptors (Lipinski definition) is 9. The molecule has 11 heteroatoms. The van der Waals surface area contributed by atoms with E-state index in [2.05, 4.69) is 36.4 Å². The fourth-order valence-corrected chi connectivity index (χ4v) is 3.12. The first-order valence-corrected chi connectivity index (χ1v) is 9.33. The van der Waals surface area contributed by atoms with Gasteiger partial charge in [-0.15, -0.1) is 10.2 Å². The van der Waals surface area contributed by atoms with Crippen LogP contribution in [0.15, 0.2) is 44.4 Å². The summed E-state index contributed by atoms with van der Waals surface area (Å²) in [6.45, 7) is 0. The maximum absolute atomic E-state index is 10.9. The third-order valence-electron chi connectivity index (χ3n) is 3.62. The summed E-state index contributed by atoms with van der Waals surface area (Å²) in [7, 11) is 0. The second kappa shape index (κ2) is 6.57. The van der Waals surface area contributed by atoms with Gasteiger partial charge in [-0.2, -0.15) is 4.98 Å². The molecule has 1 aromatic carbocycles. The SMILES string of the molecule is CSc1nnc2c(n1)O[C@@H](c1ccc([N+](=O)[O-])o1)Nc1ccc(Br)cc1-2. The van der Waals surface area contributed by atoms with E-state index in [9.17, 15) is 10.1 Å². The van der Waals surface area contributed by atoms with Gasteiger partial charge in [0.05, 0.1) is 6.07 Å². The number of anilines is 1. The Balaban J connectivity index is 1.84. The number of furan rings is 1. The number of rotatable bonds is 3. The van der Waals surface area contributed by atoms with Crippen LogP contribution in [-0.4, -0.2) is 26.4 Å². The Morgan fingerprint density at radius 3 is 2.88 bits per heavy atom. The molecule has 26 heavy (non-hydrogen) atoms. The van der Waals surface area contributed by atoms with Crippen molar-refractivity contribution in [2.24, 2.45) is 0 Å². The molecule has 0 bridgehead atoms. The predicted octanol–water partition coefficient (Wildman–Crippen LogP) is 4.03. The molecule has 1 N–H and O–H groups in total. The van der Waals surface area contributed by atoms with Crippen molar-refractivity contribution in [1.82, 2.24) is 15.2 Å². The van der Waals surface area contributed by atoms with E-state index >= 15 is 0 Å². The van der Waals surface area contributed by atoms with Crippen molar-refractivity contribution in [3.8, 4) is 17.1 Å². The second-order valence-corrected chi connectivity index (χ2v) is 6.91. The number of thioether (sulfide) groups is 1. The molecule has 4 rings (SSSR count). The van der Waals surface area contributed by atoms with Crippen LogP contribution < -0.4 is 10.1 Å². The van der Waals surface area contributed by atoms with E-state index in [0.29, 0.717) is 16.5 Å². The highest BCUT2D eigenvalue weighted by molar-refractivity contribution is 9.10. The van der Waals surface area contributed by atoms with Gasteiger partial charge in [-0.25, -0.2) is 0 Å². The van der Waals surface area contributed by atoms with Crippen LogP contribution in [0.2, 0.25) is 0 Å². The van der Waals surface area contributed by atoms with Crippen molar-refractivity contribution in [2.75, 3.05) is 11.6 Å². The maximum Gasteiger partial charge on any atom is 0.433 e. The topological polar surface area (TPSA) is 116 Å². The maximum atomic E-state index is 10.9. The van der Waals surface area contributed by atoms with Crippen LogP contribution in [0.1, 0.15) is 12.0 Å². The lowest BCUT2D eigenvalue weighted by Crippen LogP contribution is -2.16. The van der Waals surface area contributed by atoms with E-state index in [1.807, 2.05) is 24.5 Å². The van der Waals surface area contributed by atoms with Crippen molar-refractivity contribution in [2.45, 2.75) is 11.4 Å². The van der Waals surface area contributed by atoms with Gasteiger partial charge < -0.3 is 14.5 Å². The van der Waals surface area contributed by atoms with Gasteiger partial charge in [-0.3, -0.25) is 10.1 Å². The Morgan fingerprint density at radius 1 is 1.31 bits per heavy atom. The predicted molar refractivity (Wildman–Crippen MR) is 97.1 cm³/mol. The van der Waals surface area contributed by atoms with Gasteiger partial charge in [-0.05, 0) is 30.5 Å². The minimum atomic E-state index is -0.809. The number of hydrogen-bond donors (Lipinski definition) is 1. The van der Waals surface area contributed by atoms with Crippen molar-refractivity contribution in [3.63, 3.8) is 0 Å². The van der Waals surface area contributed by atoms with Gasteiger partial charge in [0.1, 0.15) is 4.92 Å². The summed E-state index contributed by atoms with van der Waals surface area (Å²) in [4.78, 5) is 14.7. The minimum Gasteiger partial charge on any atom is -0.444 e. The minimum absolute atomic E-state index is 0.253. The summed E-state index contributed by atoms with van der Waals surface area (Å²) in [5, 5.41) is 22.8. The molecule has 3 aromatic rings. The normalized spacial score (nSPS) is 15.2. The molecule has 1 aliphatic rings. The largest absolute Gasteiger partial charge is 0.444 e. The molecule has 9 nitrogen and oxygen atoms in total. The quantitative estimate of drug-likeness (QED) is 0.369. The van der Waals surface area contributed by atoms with Crippen LogP contribution in [0.5, 0.6) is 5.88 Å². The first-order valence-electron chi connectivity index (χ1n) is 7.31. The van der Waals surface area contributed by atoms with Gasteiger partial charge in [0.25, 0.3) is 0 Å². The fraction of sp³-hybridized carbons (Fsp3) is 0.133. The van der Waals surface area contributed by atoms with Crippen LogP contribution >= 0.6 is 27.7 Å². The average Bonchev–Trinajstić information content (AvgIpc) is 3.07. The molecular weight excluding hydrogens is 426 g/mol. The van der Waals surface area contributed by atoms with E-state index in [1.165, 1.54) is 23.9 Å². The van der Waals surface area contributed by atoms with E-state index in [4.69, 9.17) is 9.15 Å². The Hall–Kier alpha value is -2.66.